The molecule has 0 saturated heterocycles. The molecular weight excluding hydrogens is 248 g/mol. The fraction of sp³-hybridized carbons (Fsp3) is 0.385. The lowest BCUT2D eigenvalue weighted by molar-refractivity contribution is -0.143. The molecule has 0 aliphatic carbocycles. The summed E-state index contributed by atoms with van der Waals surface area (Å²) in [4.78, 5) is 23.5. The number of anilines is 1. The summed E-state index contributed by atoms with van der Waals surface area (Å²) in [6.07, 6.45) is 0.344. The molecule has 1 amide bonds. The Labute approximate surface area is 111 Å². The third-order valence-electron chi connectivity index (χ3n) is 2.55. The van der Waals surface area contributed by atoms with Crippen molar-refractivity contribution in [2.45, 2.75) is 12.5 Å². The van der Waals surface area contributed by atoms with Gasteiger partial charge in [-0.15, -0.1) is 0 Å². The zero-order valence-corrected chi connectivity index (χ0v) is 11.0. The molecule has 1 aromatic rings. The summed E-state index contributed by atoms with van der Waals surface area (Å²) < 4.78 is 9.53. The average Bonchev–Trinajstić information content (AvgIpc) is 2.42. The predicted octanol–water partition coefficient (Wildman–Crippen LogP) is 0.577. The van der Waals surface area contributed by atoms with E-state index < -0.39 is 12.0 Å². The highest BCUT2D eigenvalue weighted by Gasteiger charge is 2.21. The number of benzene rings is 1. The van der Waals surface area contributed by atoms with Gasteiger partial charge in [0, 0.05) is 31.4 Å². The van der Waals surface area contributed by atoms with Crippen molar-refractivity contribution in [2.24, 2.45) is 0 Å². The quantitative estimate of drug-likeness (QED) is 0.580. The fourth-order valence-electron chi connectivity index (χ4n) is 1.55. The molecule has 6 heteroatoms. The number of carbonyl (C=O) groups is 2. The van der Waals surface area contributed by atoms with Gasteiger partial charge in [0.05, 0.1) is 7.11 Å². The first-order valence-corrected chi connectivity index (χ1v) is 5.81. The minimum absolute atomic E-state index is 0.344. The SMILES string of the molecule is COCCC(NC(=O)c1cccc(N)c1)C(=O)OC. The molecule has 6 nitrogen and oxygen atoms in total. The van der Waals surface area contributed by atoms with Crippen LogP contribution >= 0.6 is 0 Å². The maximum Gasteiger partial charge on any atom is 0.328 e. The summed E-state index contributed by atoms with van der Waals surface area (Å²) in [7, 11) is 2.79. The van der Waals surface area contributed by atoms with E-state index in [9.17, 15) is 9.59 Å². The van der Waals surface area contributed by atoms with E-state index in [1.54, 1.807) is 24.3 Å². The van der Waals surface area contributed by atoms with Crippen molar-refractivity contribution in [2.75, 3.05) is 26.6 Å². The topological polar surface area (TPSA) is 90.6 Å². The van der Waals surface area contributed by atoms with Crippen molar-refractivity contribution in [3.05, 3.63) is 29.8 Å². The molecular formula is C13H18N2O4. The minimum atomic E-state index is -0.737. The van der Waals surface area contributed by atoms with Crippen molar-refractivity contribution in [1.82, 2.24) is 5.32 Å². The molecule has 1 unspecified atom stereocenters. The first-order chi connectivity index (χ1) is 9.08. The summed E-state index contributed by atoms with van der Waals surface area (Å²) >= 11 is 0. The van der Waals surface area contributed by atoms with E-state index in [4.69, 9.17) is 10.5 Å². The standard InChI is InChI=1S/C13H18N2O4/c1-18-7-6-11(13(17)19-2)15-12(16)9-4-3-5-10(14)8-9/h3-5,8,11H,6-7,14H2,1-2H3,(H,15,16). The lowest BCUT2D eigenvalue weighted by atomic mass is 10.1. The smallest absolute Gasteiger partial charge is 0.328 e. The van der Waals surface area contributed by atoms with Crippen LogP contribution in [-0.4, -0.2) is 38.7 Å². The maximum absolute atomic E-state index is 12.0. The molecule has 0 fully saturated rings. The van der Waals surface area contributed by atoms with Crippen LogP contribution in [0.2, 0.25) is 0 Å². The Morgan fingerprint density at radius 3 is 2.68 bits per heavy atom. The Hall–Kier alpha value is -2.08. The number of nitrogens with two attached hydrogens (primary N) is 1. The van der Waals surface area contributed by atoms with Crippen LogP contribution in [0.1, 0.15) is 16.8 Å². The van der Waals surface area contributed by atoms with Crippen LogP contribution in [0.5, 0.6) is 0 Å². The van der Waals surface area contributed by atoms with Crippen LogP contribution in [0.3, 0.4) is 0 Å². The van der Waals surface area contributed by atoms with Gasteiger partial charge in [-0.05, 0) is 18.2 Å². The number of nitrogens with one attached hydrogen (secondary N) is 1. The molecule has 0 aliphatic heterocycles. The molecule has 19 heavy (non-hydrogen) atoms. The van der Waals surface area contributed by atoms with Gasteiger partial charge in [0.1, 0.15) is 6.04 Å². The average molecular weight is 266 g/mol. The molecule has 1 rings (SSSR count). The van der Waals surface area contributed by atoms with Crippen LogP contribution < -0.4 is 11.1 Å². The van der Waals surface area contributed by atoms with Gasteiger partial charge in [-0.2, -0.15) is 0 Å². The first kappa shape index (κ1) is 15.0. The van der Waals surface area contributed by atoms with Gasteiger partial charge in [-0.3, -0.25) is 4.79 Å². The highest BCUT2D eigenvalue weighted by molar-refractivity contribution is 5.97. The number of hydrogen-bond acceptors (Lipinski definition) is 5. The van der Waals surface area contributed by atoms with Crippen molar-refractivity contribution >= 4 is 17.6 Å². The summed E-state index contributed by atoms with van der Waals surface area (Å²) in [5.74, 6) is -0.881. The number of rotatable bonds is 6. The molecule has 0 radical (unpaired) electrons. The van der Waals surface area contributed by atoms with Gasteiger partial charge in [-0.1, -0.05) is 6.07 Å². The van der Waals surface area contributed by atoms with Gasteiger partial charge in [0.2, 0.25) is 0 Å². The van der Waals surface area contributed by atoms with Crippen LogP contribution in [0, 0.1) is 0 Å². The highest BCUT2D eigenvalue weighted by atomic mass is 16.5. The second kappa shape index (κ2) is 7.38. The van der Waals surface area contributed by atoms with Gasteiger partial charge in [0.15, 0.2) is 0 Å². The molecule has 104 valence electrons. The van der Waals surface area contributed by atoms with E-state index in [-0.39, 0.29) is 5.91 Å². The summed E-state index contributed by atoms with van der Waals surface area (Å²) in [6.45, 7) is 0.344. The summed E-state index contributed by atoms with van der Waals surface area (Å²) in [6, 6.07) is 5.78. The molecule has 0 spiro atoms. The van der Waals surface area contributed by atoms with Crippen LogP contribution in [0.15, 0.2) is 24.3 Å². The van der Waals surface area contributed by atoms with E-state index in [1.807, 2.05) is 0 Å². The van der Waals surface area contributed by atoms with Crippen LogP contribution in [0.25, 0.3) is 0 Å². The lowest BCUT2D eigenvalue weighted by Gasteiger charge is -2.16. The lowest BCUT2D eigenvalue weighted by Crippen LogP contribution is -2.42. The zero-order chi connectivity index (χ0) is 14.3. The molecule has 3 N–H and O–H groups in total. The second-order valence-electron chi connectivity index (χ2n) is 3.96. The number of nitrogen functional groups attached to an aromatic ring is 1. The molecule has 1 aromatic carbocycles. The normalized spacial score (nSPS) is 11.7. The third-order valence-corrected chi connectivity index (χ3v) is 2.55. The zero-order valence-electron chi connectivity index (χ0n) is 11.0. The number of ether oxygens (including phenoxy) is 2. The Morgan fingerprint density at radius 2 is 2.11 bits per heavy atom. The Bertz CT molecular complexity index is 448. The number of carbonyl (C=O) groups excluding carboxylic acids is 2. The predicted molar refractivity (Wildman–Crippen MR) is 70.6 cm³/mol. The van der Waals surface area contributed by atoms with Crippen molar-refractivity contribution < 1.29 is 19.1 Å². The number of methoxy groups -OCH3 is 2. The minimum Gasteiger partial charge on any atom is -0.467 e. The van der Waals surface area contributed by atoms with Gasteiger partial charge in [-0.25, -0.2) is 4.79 Å². The number of hydrogen-bond donors (Lipinski definition) is 2. The van der Waals surface area contributed by atoms with Gasteiger partial charge in [0.25, 0.3) is 5.91 Å². The number of amides is 1. The van der Waals surface area contributed by atoms with E-state index in [0.29, 0.717) is 24.3 Å². The van der Waals surface area contributed by atoms with E-state index in [0.717, 1.165) is 0 Å². The van der Waals surface area contributed by atoms with Crippen molar-refractivity contribution in [1.29, 1.82) is 0 Å². The van der Waals surface area contributed by atoms with Crippen molar-refractivity contribution in [3.8, 4) is 0 Å². The molecule has 0 aromatic heterocycles. The largest absolute Gasteiger partial charge is 0.467 e. The van der Waals surface area contributed by atoms with E-state index >= 15 is 0 Å². The Balaban J connectivity index is 2.72. The van der Waals surface area contributed by atoms with Gasteiger partial charge >= 0.3 is 5.97 Å². The monoisotopic (exact) mass is 266 g/mol. The van der Waals surface area contributed by atoms with Crippen LogP contribution in [-0.2, 0) is 14.3 Å². The van der Waals surface area contributed by atoms with E-state index in [1.165, 1.54) is 14.2 Å². The molecule has 1 atom stereocenters. The first-order valence-electron chi connectivity index (χ1n) is 5.81. The maximum atomic E-state index is 12.0. The Morgan fingerprint density at radius 1 is 1.37 bits per heavy atom. The van der Waals surface area contributed by atoms with Gasteiger partial charge < -0.3 is 20.5 Å². The van der Waals surface area contributed by atoms with Crippen LogP contribution in [0.4, 0.5) is 5.69 Å². The molecule has 0 saturated carbocycles. The third kappa shape index (κ3) is 4.59. The summed E-state index contributed by atoms with van der Waals surface area (Å²) in [5.41, 5.74) is 6.48. The highest BCUT2D eigenvalue weighted by Crippen LogP contribution is 2.07. The second-order valence-corrected chi connectivity index (χ2v) is 3.96. The fourth-order valence-corrected chi connectivity index (χ4v) is 1.55. The number of esters is 1. The van der Waals surface area contributed by atoms with Crippen molar-refractivity contribution in [3.63, 3.8) is 0 Å². The van der Waals surface area contributed by atoms with E-state index in [2.05, 4.69) is 10.1 Å². The molecule has 0 aliphatic rings. The summed E-state index contributed by atoms with van der Waals surface area (Å²) in [5, 5.41) is 2.60. The molecule has 0 bridgehead atoms. The molecule has 0 heterocycles. The Kier molecular flexibility index (Phi) is 5.81.